The topological polar surface area (TPSA) is 20.2 Å². The van der Waals surface area contributed by atoms with Crippen LogP contribution in [0.5, 0.6) is 0 Å². The van der Waals surface area contributed by atoms with Crippen LogP contribution in [0, 0.1) is 5.92 Å². The van der Waals surface area contributed by atoms with Gasteiger partial charge in [-0.25, -0.2) is 0 Å². The van der Waals surface area contributed by atoms with Gasteiger partial charge in [0.15, 0.2) is 0 Å². The molecule has 1 aromatic carbocycles. The molecule has 0 saturated carbocycles. The zero-order chi connectivity index (χ0) is 13.0. The summed E-state index contributed by atoms with van der Waals surface area (Å²) in [4.78, 5) is 0. The average Bonchev–Trinajstić information content (AvgIpc) is 2.38. The molecule has 0 spiro atoms. The second-order valence-electron chi connectivity index (χ2n) is 6.24. The Morgan fingerprint density at radius 1 is 1.28 bits per heavy atom. The third-order valence-corrected chi connectivity index (χ3v) is 4.43. The highest BCUT2D eigenvalue weighted by atomic mass is 16.3. The highest BCUT2D eigenvalue weighted by Crippen LogP contribution is 2.41. The molecule has 0 heterocycles. The van der Waals surface area contributed by atoms with Crippen LogP contribution < -0.4 is 0 Å². The first-order valence-electron chi connectivity index (χ1n) is 7.37. The molecular weight excluding hydrogens is 220 g/mol. The molecule has 0 fully saturated rings. The van der Waals surface area contributed by atoms with Crippen molar-refractivity contribution in [2.75, 3.05) is 6.61 Å². The number of aryl methyl sites for hydroxylation is 1. The summed E-state index contributed by atoms with van der Waals surface area (Å²) in [6.07, 6.45) is 7.19. The fourth-order valence-electron chi connectivity index (χ4n) is 3.36. The van der Waals surface area contributed by atoms with E-state index in [-0.39, 0.29) is 5.41 Å². The van der Waals surface area contributed by atoms with Crippen molar-refractivity contribution in [2.24, 2.45) is 5.92 Å². The van der Waals surface area contributed by atoms with Gasteiger partial charge in [-0.2, -0.15) is 0 Å². The minimum absolute atomic E-state index is 0.0454. The number of rotatable bonds is 5. The summed E-state index contributed by atoms with van der Waals surface area (Å²) in [5.41, 5.74) is 2.92. The molecule has 2 rings (SSSR count). The molecule has 18 heavy (non-hydrogen) atoms. The van der Waals surface area contributed by atoms with E-state index in [1.165, 1.54) is 36.8 Å². The van der Waals surface area contributed by atoms with Crippen LogP contribution >= 0.6 is 0 Å². The normalized spacial score (nSPS) is 23.1. The molecule has 1 aromatic rings. The van der Waals surface area contributed by atoms with E-state index in [4.69, 9.17) is 0 Å². The molecule has 1 aliphatic rings. The van der Waals surface area contributed by atoms with Crippen molar-refractivity contribution in [3.8, 4) is 0 Å². The monoisotopic (exact) mass is 246 g/mol. The molecule has 100 valence electrons. The van der Waals surface area contributed by atoms with Gasteiger partial charge in [0.05, 0.1) is 6.61 Å². The van der Waals surface area contributed by atoms with Crippen LogP contribution in [0.3, 0.4) is 0 Å². The standard InChI is InChI=1S/C17H26O/c1-14(2)7-5-11-17(13-18)12-6-9-15-8-3-4-10-16(15)17/h3-4,8,10,14,18H,5-7,9,11-13H2,1-2H3. The maximum Gasteiger partial charge on any atom is 0.0528 e. The first kappa shape index (κ1) is 13.6. The molecule has 0 saturated heterocycles. The zero-order valence-corrected chi connectivity index (χ0v) is 11.8. The van der Waals surface area contributed by atoms with Crippen LogP contribution in [-0.4, -0.2) is 11.7 Å². The van der Waals surface area contributed by atoms with Gasteiger partial charge in [0, 0.05) is 5.41 Å². The number of aliphatic hydroxyl groups excluding tert-OH is 1. The number of hydrogen-bond acceptors (Lipinski definition) is 1. The van der Waals surface area contributed by atoms with Gasteiger partial charge < -0.3 is 5.11 Å². The van der Waals surface area contributed by atoms with Gasteiger partial charge in [-0.3, -0.25) is 0 Å². The lowest BCUT2D eigenvalue weighted by Gasteiger charge is -2.38. The summed E-state index contributed by atoms with van der Waals surface area (Å²) in [5.74, 6) is 0.763. The van der Waals surface area contributed by atoms with Gasteiger partial charge in [-0.15, -0.1) is 0 Å². The number of fused-ring (bicyclic) bond motifs is 1. The molecule has 1 aliphatic carbocycles. The van der Waals surface area contributed by atoms with Crippen molar-refractivity contribution in [1.82, 2.24) is 0 Å². The number of hydrogen-bond donors (Lipinski definition) is 1. The molecular formula is C17H26O. The molecule has 0 amide bonds. The van der Waals surface area contributed by atoms with E-state index in [2.05, 4.69) is 38.1 Å². The summed E-state index contributed by atoms with van der Waals surface area (Å²) < 4.78 is 0. The summed E-state index contributed by atoms with van der Waals surface area (Å²) in [6.45, 7) is 4.86. The van der Waals surface area contributed by atoms with Crippen molar-refractivity contribution in [2.45, 2.75) is 57.8 Å². The molecule has 0 aliphatic heterocycles. The van der Waals surface area contributed by atoms with Crippen LogP contribution in [0.25, 0.3) is 0 Å². The van der Waals surface area contributed by atoms with Gasteiger partial charge in [0.2, 0.25) is 0 Å². The molecule has 0 aromatic heterocycles. The van der Waals surface area contributed by atoms with Crippen LogP contribution in [0.1, 0.15) is 57.1 Å². The lowest BCUT2D eigenvalue weighted by Crippen LogP contribution is -2.34. The third-order valence-electron chi connectivity index (χ3n) is 4.43. The Morgan fingerprint density at radius 3 is 2.78 bits per heavy atom. The lowest BCUT2D eigenvalue weighted by molar-refractivity contribution is 0.160. The Morgan fingerprint density at radius 2 is 2.06 bits per heavy atom. The maximum atomic E-state index is 9.95. The molecule has 1 N–H and O–H groups in total. The molecule has 1 nitrogen and oxygen atoms in total. The smallest absolute Gasteiger partial charge is 0.0528 e. The van der Waals surface area contributed by atoms with E-state index in [0.717, 1.165) is 18.8 Å². The molecule has 1 unspecified atom stereocenters. The quantitative estimate of drug-likeness (QED) is 0.830. The predicted molar refractivity (Wildman–Crippen MR) is 76.8 cm³/mol. The Labute approximate surface area is 111 Å². The van der Waals surface area contributed by atoms with E-state index >= 15 is 0 Å². The first-order valence-corrected chi connectivity index (χ1v) is 7.37. The fourth-order valence-corrected chi connectivity index (χ4v) is 3.36. The Hall–Kier alpha value is -0.820. The van der Waals surface area contributed by atoms with Crippen LogP contribution in [0.2, 0.25) is 0 Å². The minimum Gasteiger partial charge on any atom is -0.395 e. The molecule has 1 heteroatoms. The van der Waals surface area contributed by atoms with E-state index in [1.807, 2.05) is 0 Å². The van der Waals surface area contributed by atoms with Crippen LogP contribution in [0.4, 0.5) is 0 Å². The minimum atomic E-state index is 0.0454. The summed E-state index contributed by atoms with van der Waals surface area (Å²) in [6, 6.07) is 8.72. The summed E-state index contributed by atoms with van der Waals surface area (Å²) in [7, 11) is 0. The van der Waals surface area contributed by atoms with E-state index in [1.54, 1.807) is 0 Å². The van der Waals surface area contributed by atoms with Crippen LogP contribution in [-0.2, 0) is 11.8 Å². The molecule has 1 atom stereocenters. The predicted octanol–water partition coefficient (Wildman–Crippen LogP) is 4.08. The maximum absolute atomic E-state index is 9.95. The zero-order valence-electron chi connectivity index (χ0n) is 11.8. The third kappa shape index (κ3) is 2.77. The van der Waals surface area contributed by atoms with E-state index in [0.29, 0.717) is 6.61 Å². The largest absolute Gasteiger partial charge is 0.395 e. The van der Waals surface area contributed by atoms with Crippen molar-refractivity contribution in [3.05, 3.63) is 35.4 Å². The highest BCUT2D eigenvalue weighted by Gasteiger charge is 2.35. The average molecular weight is 246 g/mol. The van der Waals surface area contributed by atoms with Gasteiger partial charge in [-0.1, -0.05) is 51.0 Å². The van der Waals surface area contributed by atoms with Gasteiger partial charge in [0.25, 0.3) is 0 Å². The van der Waals surface area contributed by atoms with Crippen molar-refractivity contribution in [1.29, 1.82) is 0 Å². The number of aliphatic hydroxyl groups is 1. The van der Waals surface area contributed by atoms with Crippen molar-refractivity contribution >= 4 is 0 Å². The Bertz CT molecular complexity index is 383. The van der Waals surface area contributed by atoms with Gasteiger partial charge >= 0.3 is 0 Å². The number of benzene rings is 1. The first-order chi connectivity index (χ1) is 8.68. The van der Waals surface area contributed by atoms with Gasteiger partial charge in [0.1, 0.15) is 0 Å². The molecule has 0 radical (unpaired) electrons. The second kappa shape index (κ2) is 5.88. The van der Waals surface area contributed by atoms with E-state index < -0.39 is 0 Å². The van der Waals surface area contributed by atoms with Crippen molar-refractivity contribution in [3.63, 3.8) is 0 Å². The molecule has 0 bridgehead atoms. The summed E-state index contributed by atoms with van der Waals surface area (Å²) >= 11 is 0. The van der Waals surface area contributed by atoms with Gasteiger partial charge in [-0.05, 0) is 42.7 Å². The summed E-state index contributed by atoms with van der Waals surface area (Å²) in [5, 5.41) is 9.95. The second-order valence-corrected chi connectivity index (χ2v) is 6.24. The van der Waals surface area contributed by atoms with E-state index in [9.17, 15) is 5.11 Å². The SMILES string of the molecule is CC(C)CCCC1(CO)CCCc2ccccc21. The Balaban J connectivity index is 2.17. The van der Waals surface area contributed by atoms with Crippen LogP contribution in [0.15, 0.2) is 24.3 Å². The van der Waals surface area contributed by atoms with Crippen molar-refractivity contribution < 1.29 is 5.11 Å². The Kier molecular flexibility index (Phi) is 4.45. The lowest BCUT2D eigenvalue weighted by atomic mass is 9.67. The fraction of sp³-hybridized carbons (Fsp3) is 0.647. The highest BCUT2D eigenvalue weighted by molar-refractivity contribution is 5.36.